The third-order valence-corrected chi connectivity index (χ3v) is 6.49. The Balaban J connectivity index is 2.66. The maximum atomic E-state index is 14.2. The minimum Gasteiger partial charge on any atom is -0.444 e. The molecule has 0 aliphatic rings. The fourth-order valence-electron chi connectivity index (χ4n) is 4.10. The van der Waals surface area contributed by atoms with Crippen LogP contribution in [-0.2, 0) is 19.1 Å². The monoisotopic (exact) mass is 570 g/mol. The van der Waals surface area contributed by atoms with E-state index in [1.54, 1.807) is 77.1 Å². The van der Waals surface area contributed by atoms with Gasteiger partial charge in [0, 0.05) is 6.04 Å². The Hall–Kier alpha value is -3.85. The molecule has 3 unspecified atom stereocenters. The number of para-hydroxylation sites is 1. The molecule has 40 heavy (non-hydrogen) atoms. The molecule has 0 saturated carbocycles. The van der Waals surface area contributed by atoms with Crippen LogP contribution >= 0.6 is 11.6 Å². The van der Waals surface area contributed by atoms with E-state index in [-0.39, 0.29) is 0 Å². The highest BCUT2D eigenvalue weighted by Gasteiger charge is 2.39. The Bertz CT molecular complexity index is 1240. The van der Waals surface area contributed by atoms with Crippen molar-refractivity contribution in [2.24, 2.45) is 5.73 Å². The molecule has 3 atom stereocenters. The van der Waals surface area contributed by atoms with Crippen LogP contribution in [0.4, 0.5) is 10.5 Å². The number of nitrogens with two attached hydrogens (primary N) is 1. The van der Waals surface area contributed by atoms with Gasteiger partial charge in [-0.25, -0.2) is 4.79 Å². The Morgan fingerprint density at radius 1 is 1.15 bits per heavy atom. The van der Waals surface area contributed by atoms with Crippen molar-refractivity contribution in [2.45, 2.75) is 78.1 Å². The molecule has 0 spiro atoms. The van der Waals surface area contributed by atoms with Crippen molar-refractivity contribution in [3.8, 4) is 0 Å². The molecule has 0 bridgehead atoms. The van der Waals surface area contributed by atoms with Gasteiger partial charge >= 0.3 is 6.09 Å². The normalized spacial score (nSPS) is 13.4. The van der Waals surface area contributed by atoms with E-state index in [4.69, 9.17) is 22.1 Å². The maximum Gasteiger partial charge on any atom is 0.408 e. The summed E-state index contributed by atoms with van der Waals surface area (Å²) in [7, 11) is 0. The number of amides is 4. The number of primary amides is 1. The summed E-state index contributed by atoms with van der Waals surface area (Å²) in [5.41, 5.74) is 7.00. The van der Waals surface area contributed by atoms with Crippen molar-refractivity contribution in [3.05, 3.63) is 70.8 Å². The fourth-order valence-corrected chi connectivity index (χ4v) is 4.37. The minimum absolute atomic E-state index is 0.339. The quantitative estimate of drug-likeness (QED) is 0.334. The summed E-state index contributed by atoms with van der Waals surface area (Å²) >= 11 is 6.40. The number of hydrogen-bond acceptors (Lipinski definition) is 5. The number of ether oxygens (including phenoxy) is 1. The molecular weight excluding hydrogens is 532 g/mol. The number of carbonyl (C=O) groups excluding carboxylic acids is 4. The van der Waals surface area contributed by atoms with E-state index in [1.807, 2.05) is 13.0 Å². The zero-order valence-corrected chi connectivity index (χ0v) is 24.7. The summed E-state index contributed by atoms with van der Waals surface area (Å²) in [6.45, 7) is 14.3. The Morgan fingerprint density at radius 2 is 1.80 bits per heavy atom. The molecule has 10 heteroatoms. The lowest BCUT2D eigenvalue weighted by atomic mass is 9.97. The number of benzene rings is 2. The standard InChI is InChI=1S/C30H39ClN4O5/c1-8-19(4)35(28(38)23(17-24(32)36)33-29(39)40-30(5,6)7)26(21-14-11-13-20(9-2)16-21)27(37)34-25-18(3)12-10-15-22(25)31/h9-16,19,23,26H,2,8,17H2,1,3-7H3,(H2,32,36)(H,33,39)(H,34,37). The first-order valence-corrected chi connectivity index (χ1v) is 13.4. The van der Waals surface area contributed by atoms with Crippen molar-refractivity contribution in [1.29, 1.82) is 0 Å². The molecule has 0 radical (unpaired) electrons. The molecule has 2 rings (SSSR count). The first-order chi connectivity index (χ1) is 18.7. The van der Waals surface area contributed by atoms with Crippen molar-refractivity contribution in [3.63, 3.8) is 0 Å². The van der Waals surface area contributed by atoms with Gasteiger partial charge in [0.2, 0.25) is 11.8 Å². The van der Waals surface area contributed by atoms with Crippen molar-refractivity contribution in [2.75, 3.05) is 5.32 Å². The number of nitrogens with zero attached hydrogens (tertiary/aromatic N) is 1. The van der Waals surface area contributed by atoms with Crippen LogP contribution in [0.15, 0.2) is 49.0 Å². The highest BCUT2D eigenvalue weighted by atomic mass is 35.5. The number of alkyl carbamates (subject to hydrolysis) is 1. The average molecular weight is 571 g/mol. The van der Waals surface area contributed by atoms with Crippen LogP contribution in [0.25, 0.3) is 6.08 Å². The van der Waals surface area contributed by atoms with Gasteiger partial charge in [-0.15, -0.1) is 0 Å². The van der Waals surface area contributed by atoms with Crippen LogP contribution in [-0.4, -0.2) is 46.4 Å². The van der Waals surface area contributed by atoms with E-state index in [1.165, 1.54) is 4.90 Å². The first-order valence-electron chi connectivity index (χ1n) is 13.1. The zero-order chi connectivity index (χ0) is 30.2. The molecule has 0 heterocycles. The van der Waals surface area contributed by atoms with E-state index in [0.717, 1.165) is 11.1 Å². The van der Waals surface area contributed by atoms with Gasteiger partial charge in [-0.2, -0.15) is 0 Å². The number of hydrogen-bond donors (Lipinski definition) is 3. The smallest absolute Gasteiger partial charge is 0.408 e. The molecule has 0 aliphatic heterocycles. The Labute approximate surface area is 241 Å². The van der Waals surface area contributed by atoms with Gasteiger partial charge in [0.05, 0.1) is 17.1 Å². The largest absolute Gasteiger partial charge is 0.444 e. The molecule has 4 amide bonds. The van der Waals surface area contributed by atoms with Crippen LogP contribution < -0.4 is 16.4 Å². The molecule has 2 aromatic carbocycles. The lowest BCUT2D eigenvalue weighted by Crippen LogP contribution is -2.55. The van der Waals surface area contributed by atoms with Gasteiger partial charge in [0.25, 0.3) is 5.91 Å². The molecule has 0 aromatic heterocycles. The summed E-state index contributed by atoms with van der Waals surface area (Å²) < 4.78 is 5.32. The maximum absolute atomic E-state index is 14.2. The van der Waals surface area contributed by atoms with Gasteiger partial charge in [-0.1, -0.05) is 61.5 Å². The summed E-state index contributed by atoms with van der Waals surface area (Å²) in [6.07, 6.45) is 0.719. The molecule has 0 saturated heterocycles. The minimum atomic E-state index is -1.37. The summed E-state index contributed by atoms with van der Waals surface area (Å²) in [5, 5.41) is 5.70. The van der Waals surface area contributed by atoms with Crippen molar-refractivity contribution >= 4 is 47.2 Å². The number of nitrogens with one attached hydrogen (secondary N) is 2. The topological polar surface area (TPSA) is 131 Å². The van der Waals surface area contributed by atoms with Gasteiger partial charge in [-0.05, 0) is 69.9 Å². The molecule has 4 N–H and O–H groups in total. The zero-order valence-electron chi connectivity index (χ0n) is 23.9. The van der Waals surface area contributed by atoms with Gasteiger partial charge in [-0.3, -0.25) is 14.4 Å². The van der Waals surface area contributed by atoms with E-state index in [2.05, 4.69) is 17.2 Å². The molecule has 2 aromatic rings. The molecule has 0 fully saturated rings. The SMILES string of the molecule is C=Cc1cccc(C(C(=O)Nc2c(C)cccc2Cl)N(C(=O)C(CC(N)=O)NC(=O)OC(C)(C)C)C(C)CC)c1. The van der Waals surface area contributed by atoms with Crippen LogP contribution in [0.3, 0.4) is 0 Å². The number of rotatable bonds is 11. The van der Waals surface area contributed by atoms with Crippen LogP contribution in [0.2, 0.25) is 5.02 Å². The highest BCUT2D eigenvalue weighted by Crippen LogP contribution is 2.31. The first kappa shape index (κ1) is 32.4. The summed E-state index contributed by atoms with van der Waals surface area (Å²) in [4.78, 5) is 54.2. The number of carbonyl (C=O) groups is 4. The third kappa shape index (κ3) is 8.84. The molecule has 216 valence electrons. The number of aryl methyl sites for hydroxylation is 1. The lowest BCUT2D eigenvalue weighted by Gasteiger charge is -2.38. The summed E-state index contributed by atoms with van der Waals surface area (Å²) in [6, 6.07) is 9.26. The Kier molecular flexibility index (Phi) is 11.3. The van der Waals surface area contributed by atoms with Crippen molar-refractivity contribution in [1.82, 2.24) is 10.2 Å². The fraction of sp³-hybridized carbons (Fsp3) is 0.400. The highest BCUT2D eigenvalue weighted by molar-refractivity contribution is 6.34. The second-order valence-corrected chi connectivity index (χ2v) is 11.0. The Morgan fingerprint density at radius 3 is 2.35 bits per heavy atom. The van der Waals surface area contributed by atoms with Crippen LogP contribution in [0.5, 0.6) is 0 Å². The predicted octanol–water partition coefficient (Wildman–Crippen LogP) is 5.37. The van der Waals surface area contributed by atoms with Crippen LogP contribution in [0, 0.1) is 6.92 Å². The van der Waals surface area contributed by atoms with E-state index in [9.17, 15) is 19.2 Å². The molecule has 0 aliphatic carbocycles. The molecular formula is C30H39ClN4O5. The second-order valence-electron chi connectivity index (χ2n) is 10.6. The lowest BCUT2D eigenvalue weighted by molar-refractivity contribution is -0.144. The van der Waals surface area contributed by atoms with Gasteiger partial charge in [0.1, 0.15) is 17.7 Å². The average Bonchev–Trinajstić information content (AvgIpc) is 2.86. The van der Waals surface area contributed by atoms with E-state index >= 15 is 0 Å². The van der Waals surface area contributed by atoms with Crippen molar-refractivity contribution < 1.29 is 23.9 Å². The van der Waals surface area contributed by atoms with Gasteiger partial charge < -0.3 is 26.0 Å². The number of halogens is 1. The van der Waals surface area contributed by atoms with Crippen LogP contribution in [0.1, 0.15) is 70.2 Å². The number of anilines is 1. The van der Waals surface area contributed by atoms with E-state index < -0.39 is 54.0 Å². The van der Waals surface area contributed by atoms with E-state index in [0.29, 0.717) is 22.7 Å². The van der Waals surface area contributed by atoms with Gasteiger partial charge in [0.15, 0.2) is 0 Å². The molecule has 9 nitrogen and oxygen atoms in total. The predicted molar refractivity (Wildman–Crippen MR) is 158 cm³/mol. The second kappa shape index (κ2) is 14.0. The third-order valence-electron chi connectivity index (χ3n) is 6.17. The summed E-state index contributed by atoms with van der Waals surface area (Å²) in [5.74, 6) is -2.00.